The minimum absolute atomic E-state index is 0.0600. The third kappa shape index (κ3) is 4.27. The minimum Gasteiger partial charge on any atom is -0.506 e. The lowest BCUT2D eigenvalue weighted by atomic mass is 9.46. The summed E-state index contributed by atoms with van der Waals surface area (Å²) in [6.45, 7) is 0. The quantitative estimate of drug-likeness (QED) is 0.168. The van der Waals surface area contributed by atoms with Crippen molar-refractivity contribution in [3.63, 3.8) is 0 Å². The molecule has 0 spiro atoms. The van der Waals surface area contributed by atoms with Gasteiger partial charge in [-0.15, -0.1) is 0 Å². The normalized spacial score (nSPS) is 36.1. The zero-order chi connectivity index (χ0) is 29.8. The Bertz CT molecular complexity index is 1460. The number of hydrogen-bond donors (Lipinski definition) is 4. The lowest BCUT2D eigenvalue weighted by molar-refractivity contribution is -0.00937. The molecular formula is C38H44N2O4. The molecule has 6 nitrogen and oxygen atoms in total. The van der Waals surface area contributed by atoms with E-state index in [1.165, 1.54) is 88.2 Å². The van der Waals surface area contributed by atoms with E-state index in [-0.39, 0.29) is 22.3 Å². The van der Waals surface area contributed by atoms with Crippen LogP contribution in [0.5, 0.6) is 34.5 Å². The summed E-state index contributed by atoms with van der Waals surface area (Å²) < 4.78 is 13.6. The average molecular weight is 593 g/mol. The molecule has 0 radical (unpaired) electrons. The number of rotatable bonds is 6. The Hall–Kier alpha value is -3.54. The van der Waals surface area contributed by atoms with Crippen LogP contribution < -0.4 is 20.9 Å². The van der Waals surface area contributed by atoms with E-state index >= 15 is 0 Å². The van der Waals surface area contributed by atoms with Crippen molar-refractivity contribution < 1.29 is 19.7 Å². The Balaban J connectivity index is 1.23. The molecule has 6 heteroatoms. The summed E-state index contributed by atoms with van der Waals surface area (Å²) in [6.07, 6.45) is 15.7. The number of anilines is 2. The van der Waals surface area contributed by atoms with Gasteiger partial charge in [0.25, 0.3) is 0 Å². The summed E-state index contributed by atoms with van der Waals surface area (Å²) in [5.41, 5.74) is 15.8. The maximum Gasteiger partial charge on any atom is 0.138 e. The number of aromatic hydroxyl groups is 2. The highest BCUT2D eigenvalue weighted by Gasteiger charge is 2.55. The Kier molecular flexibility index (Phi) is 5.78. The van der Waals surface area contributed by atoms with Gasteiger partial charge in [0, 0.05) is 29.3 Å². The molecule has 8 bridgehead atoms. The highest BCUT2D eigenvalue weighted by atomic mass is 16.5. The van der Waals surface area contributed by atoms with Crippen molar-refractivity contribution in [3.8, 4) is 34.5 Å². The number of phenolic OH excluding ortho intramolecular Hbond substituents is 2. The minimum atomic E-state index is 0.0600. The molecule has 0 amide bonds. The molecule has 11 rings (SSSR count). The van der Waals surface area contributed by atoms with Crippen molar-refractivity contribution >= 4 is 11.4 Å². The van der Waals surface area contributed by atoms with Crippen LogP contribution in [-0.2, 0) is 10.8 Å². The van der Waals surface area contributed by atoms with Gasteiger partial charge in [-0.1, -0.05) is 0 Å². The van der Waals surface area contributed by atoms with E-state index in [1.807, 2.05) is 0 Å². The maximum absolute atomic E-state index is 10.1. The summed E-state index contributed by atoms with van der Waals surface area (Å²) in [5, 5.41) is 20.3. The van der Waals surface area contributed by atoms with Crippen molar-refractivity contribution in [1.82, 2.24) is 0 Å². The Morgan fingerprint density at radius 1 is 0.500 bits per heavy atom. The number of benzene rings is 3. The van der Waals surface area contributed by atoms with Gasteiger partial charge in [-0.05, 0) is 154 Å². The zero-order valence-electron chi connectivity index (χ0n) is 25.4. The third-order valence-electron chi connectivity index (χ3n) is 12.8. The number of hydrogen-bond acceptors (Lipinski definition) is 6. The highest BCUT2D eigenvalue weighted by Crippen LogP contribution is 2.66. The second-order valence-electron chi connectivity index (χ2n) is 15.9. The number of nitrogen functional groups attached to an aromatic ring is 2. The first-order chi connectivity index (χ1) is 21.2. The van der Waals surface area contributed by atoms with E-state index in [4.69, 9.17) is 20.9 Å². The summed E-state index contributed by atoms with van der Waals surface area (Å²) in [7, 11) is 0. The first-order valence-electron chi connectivity index (χ1n) is 16.9. The number of nitrogens with two attached hydrogens (primary N) is 2. The predicted molar refractivity (Wildman–Crippen MR) is 171 cm³/mol. The molecule has 3 aromatic carbocycles. The van der Waals surface area contributed by atoms with Gasteiger partial charge in [0.05, 0.1) is 11.4 Å². The van der Waals surface area contributed by atoms with Gasteiger partial charge in [-0.2, -0.15) is 0 Å². The molecule has 230 valence electrons. The molecular weight excluding hydrogens is 548 g/mol. The van der Waals surface area contributed by atoms with Gasteiger partial charge in [-0.25, -0.2) is 0 Å². The molecule has 0 aliphatic heterocycles. The fourth-order valence-corrected chi connectivity index (χ4v) is 11.9. The van der Waals surface area contributed by atoms with Gasteiger partial charge < -0.3 is 31.2 Å². The van der Waals surface area contributed by atoms with Crippen molar-refractivity contribution in [3.05, 3.63) is 59.7 Å². The van der Waals surface area contributed by atoms with Crippen molar-refractivity contribution in [2.45, 2.75) is 87.9 Å². The first-order valence-corrected chi connectivity index (χ1v) is 16.9. The van der Waals surface area contributed by atoms with Crippen molar-refractivity contribution in [2.24, 2.45) is 35.5 Å². The van der Waals surface area contributed by atoms with Gasteiger partial charge >= 0.3 is 0 Å². The van der Waals surface area contributed by atoms with Crippen LogP contribution in [0, 0.1) is 35.5 Å². The molecule has 8 fully saturated rings. The van der Waals surface area contributed by atoms with Crippen LogP contribution in [0.2, 0.25) is 0 Å². The SMILES string of the molecule is Nc1cc(Oc2cc(Oc3ccc(O)c(N)c3)c(C34CC5CC(CC(C5)C3)C4)cc2C23CC4CC(CC(C4)C2)C3)ccc1O. The zero-order valence-corrected chi connectivity index (χ0v) is 25.4. The van der Waals surface area contributed by atoms with E-state index in [9.17, 15) is 10.2 Å². The van der Waals surface area contributed by atoms with Gasteiger partial charge in [0.15, 0.2) is 0 Å². The van der Waals surface area contributed by atoms with E-state index < -0.39 is 0 Å². The fourth-order valence-electron chi connectivity index (χ4n) is 11.9. The fraction of sp³-hybridized carbons (Fsp3) is 0.526. The molecule has 6 N–H and O–H groups in total. The van der Waals surface area contributed by atoms with Crippen LogP contribution in [0.1, 0.15) is 88.2 Å². The van der Waals surface area contributed by atoms with Gasteiger partial charge in [0.1, 0.15) is 34.5 Å². The van der Waals surface area contributed by atoms with E-state index in [0.29, 0.717) is 22.9 Å². The molecule has 8 saturated carbocycles. The lowest BCUT2D eigenvalue weighted by Gasteiger charge is -2.58. The molecule has 3 aromatic rings. The van der Waals surface area contributed by atoms with E-state index in [1.54, 1.807) is 36.4 Å². The third-order valence-corrected chi connectivity index (χ3v) is 12.8. The number of phenols is 2. The van der Waals surface area contributed by atoms with Gasteiger partial charge in [-0.3, -0.25) is 0 Å². The van der Waals surface area contributed by atoms with Crippen LogP contribution >= 0.6 is 0 Å². The molecule has 0 aromatic heterocycles. The lowest BCUT2D eigenvalue weighted by Crippen LogP contribution is -2.50. The molecule has 0 atom stereocenters. The average Bonchev–Trinajstić information content (AvgIpc) is 2.95. The van der Waals surface area contributed by atoms with Crippen molar-refractivity contribution in [2.75, 3.05) is 11.5 Å². The molecule has 8 aliphatic rings. The largest absolute Gasteiger partial charge is 0.506 e. The molecule has 0 unspecified atom stereocenters. The summed E-state index contributed by atoms with van der Waals surface area (Å²) >= 11 is 0. The van der Waals surface area contributed by atoms with Crippen LogP contribution in [-0.4, -0.2) is 10.2 Å². The second-order valence-corrected chi connectivity index (χ2v) is 15.9. The van der Waals surface area contributed by atoms with Crippen molar-refractivity contribution in [1.29, 1.82) is 0 Å². The van der Waals surface area contributed by atoms with Crippen LogP contribution in [0.4, 0.5) is 11.4 Å². The van der Waals surface area contributed by atoms with Crippen LogP contribution in [0.25, 0.3) is 0 Å². The second kappa shape index (κ2) is 9.48. The molecule has 44 heavy (non-hydrogen) atoms. The topological polar surface area (TPSA) is 111 Å². The monoisotopic (exact) mass is 592 g/mol. The molecule has 0 saturated heterocycles. The Morgan fingerprint density at radius 2 is 0.841 bits per heavy atom. The van der Waals surface area contributed by atoms with E-state index in [0.717, 1.165) is 47.0 Å². The Morgan fingerprint density at radius 3 is 1.16 bits per heavy atom. The summed E-state index contributed by atoms with van der Waals surface area (Å²) in [5.74, 6) is 7.86. The standard InChI is InChI=1S/C38H44N2O4/c39-31-11-27(1-3-33(31)41)43-35-14-36(44-28-2-4-34(42)32(40)12-28)30(38-18-24-8-25(19-38)10-26(9-24)20-38)13-29(35)37-15-21-5-22(16-37)7-23(6-21)17-37/h1-4,11-14,21-26,41-42H,5-10,15-20,39-40H2. The van der Waals surface area contributed by atoms with E-state index in [2.05, 4.69) is 12.1 Å². The smallest absolute Gasteiger partial charge is 0.138 e. The maximum atomic E-state index is 10.1. The summed E-state index contributed by atoms with van der Waals surface area (Å²) in [4.78, 5) is 0. The first kappa shape index (κ1) is 26.8. The highest BCUT2D eigenvalue weighted by molar-refractivity contribution is 5.60. The Labute approximate surface area is 259 Å². The van der Waals surface area contributed by atoms with Crippen LogP contribution in [0.15, 0.2) is 48.5 Å². The molecule has 8 aliphatic carbocycles. The van der Waals surface area contributed by atoms with Crippen LogP contribution in [0.3, 0.4) is 0 Å². The molecule has 0 heterocycles. The predicted octanol–water partition coefficient (Wildman–Crippen LogP) is 8.78. The van der Waals surface area contributed by atoms with Gasteiger partial charge in [0.2, 0.25) is 0 Å². The number of ether oxygens (including phenoxy) is 2. The summed E-state index contributed by atoms with van der Waals surface area (Å²) in [6, 6.07) is 14.9.